The maximum Gasteiger partial charge on any atom is 0.163 e. The molecule has 0 saturated carbocycles. The van der Waals surface area contributed by atoms with Gasteiger partial charge in [-0.1, -0.05) is 43.1 Å². The van der Waals surface area contributed by atoms with E-state index in [1.807, 2.05) is 6.07 Å². The van der Waals surface area contributed by atoms with Crippen LogP contribution in [0.3, 0.4) is 0 Å². The highest BCUT2D eigenvalue weighted by Gasteiger charge is 2.40. The lowest BCUT2D eigenvalue weighted by Gasteiger charge is -2.34. The zero-order valence-electron chi connectivity index (χ0n) is 15.0. The molecule has 0 aromatic heterocycles. The minimum Gasteiger partial charge on any atom is -0.372 e. The van der Waals surface area contributed by atoms with Gasteiger partial charge in [-0.15, -0.1) is 0 Å². The number of carbonyl (C=O) groups is 1. The van der Waals surface area contributed by atoms with Crippen molar-refractivity contribution >= 4 is 40.4 Å². The van der Waals surface area contributed by atoms with Crippen LogP contribution in [0.5, 0.6) is 0 Å². The van der Waals surface area contributed by atoms with Gasteiger partial charge in [-0.3, -0.25) is 4.79 Å². The molecule has 2 aliphatic rings. The molecule has 27 heavy (non-hydrogen) atoms. The highest BCUT2D eigenvalue weighted by atomic mass is 35.5. The number of hydrogen-bond donors (Lipinski definition) is 2. The number of allylic oxidation sites excluding steroid dienone is 1. The van der Waals surface area contributed by atoms with E-state index in [0.717, 1.165) is 11.4 Å². The number of carbonyl (C=O) groups excluding carboxylic acids is 1. The number of ketones is 1. The molecule has 0 bridgehead atoms. The summed E-state index contributed by atoms with van der Waals surface area (Å²) in [6, 6.07) is 9.26. The SMILES string of the molecule is CC1(C)CC(=O)C2=C(C1)Nc1ccc(Cl)cc1N[C@@H]2c1c(F)cccc1Cl. The number of hydrogen-bond acceptors (Lipinski definition) is 3. The van der Waals surface area contributed by atoms with Gasteiger partial charge in [-0.05, 0) is 42.2 Å². The lowest BCUT2D eigenvalue weighted by Crippen LogP contribution is -2.31. The normalized spacial score (nSPS) is 20.9. The Morgan fingerprint density at radius 1 is 1.11 bits per heavy atom. The van der Waals surface area contributed by atoms with Gasteiger partial charge in [-0.25, -0.2) is 4.39 Å². The van der Waals surface area contributed by atoms with Crippen LogP contribution in [0.2, 0.25) is 10.0 Å². The van der Waals surface area contributed by atoms with Crippen LogP contribution in [0.4, 0.5) is 15.8 Å². The van der Waals surface area contributed by atoms with Crippen LogP contribution >= 0.6 is 23.2 Å². The van der Waals surface area contributed by atoms with Crippen molar-refractivity contribution in [3.8, 4) is 0 Å². The van der Waals surface area contributed by atoms with E-state index in [-0.39, 0.29) is 21.8 Å². The van der Waals surface area contributed by atoms with Gasteiger partial charge < -0.3 is 10.6 Å². The average molecular weight is 405 g/mol. The van der Waals surface area contributed by atoms with Gasteiger partial charge in [0.25, 0.3) is 0 Å². The van der Waals surface area contributed by atoms with Crippen molar-refractivity contribution in [2.75, 3.05) is 10.6 Å². The molecule has 140 valence electrons. The van der Waals surface area contributed by atoms with Crippen molar-refractivity contribution in [2.24, 2.45) is 5.41 Å². The summed E-state index contributed by atoms with van der Waals surface area (Å²) < 4.78 is 14.8. The Hall–Kier alpha value is -2.04. The second-order valence-electron chi connectivity index (χ2n) is 7.86. The van der Waals surface area contributed by atoms with E-state index in [2.05, 4.69) is 24.5 Å². The third-order valence-corrected chi connectivity index (χ3v) is 5.63. The molecule has 0 fully saturated rings. The fraction of sp³-hybridized carbons (Fsp3) is 0.286. The average Bonchev–Trinajstić information content (AvgIpc) is 2.69. The van der Waals surface area contributed by atoms with Crippen LogP contribution in [0.25, 0.3) is 0 Å². The molecule has 3 nitrogen and oxygen atoms in total. The fourth-order valence-electron chi connectivity index (χ4n) is 3.92. The maximum absolute atomic E-state index is 14.8. The first-order valence-electron chi connectivity index (χ1n) is 8.78. The summed E-state index contributed by atoms with van der Waals surface area (Å²) in [4.78, 5) is 13.1. The Bertz CT molecular complexity index is 964. The van der Waals surface area contributed by atoms with Crippen molar-refractivity contribution < 1.29 is 9.18 Å². The summed E-state index contributed by atoms with van der Waals surface area (Å²) in [5, 5.41) is 7.52. The van der Waals surface area contributed by atoms with Gasteiger partial charge >= 0.3 is 0 Å². The molecule has 1 aliphatic heterocycles. The smallest absolute Gasteiger partial charge is 0.163 e. The molecule has 2 N–H and O–H groups in total. The number of anilines is 2. The minimum atomic E-state index is -0.690. The summed E-state index contributed by atoms with van der Waals surface area (Å²) in [5.41, 5.74) is 2.93. The van der Waals surface area contributed by atoms with Gasteiger partial charge in [0.05, 0.1) is 17.4 Å². The molecule has 0 radical (unpaired) electrons. The molecule has 0 amide bonds. The lowest BCUT2D eigenvalue weighted by atomic mass is 9.73. The summed E-state index contributed by atoms with van der Waals surface area (Å²) in [6.45, 7) is 4.12. The zero-order chi connectivity index (χ0) is 19.3. The second kappa shape index (κ2) is 6.54. The van der Waals surface area contributed by atoms with Crippen molar-refractivity contribution in [1.29, 1.82) is 0 Å². The molecule has 2 aromatic rings. The third kappa shape index (κ3) is 3.32. The van der Waals surface area contributed by atoms with E-state index in [1.54, 1.807) is 24.3 Å². The Morgan fingerprint density at radius 2 is 1.89 bits per heavy atom. The molecular formula is C21H19Cl2FN2O. The number of Topliss-reactive ketones (excluding diaryl/α,β-unsaturated/α-hetero) is 1. The van der Waals surface area contributed by atoms with E-state index in [4.69, 9.17) is 23.2 Å². The van der Waals surface area contributed by atoms with Gasteiger partial charge in [0.15, 0.2) is 5.78 Å². The van der Waals surface area contributed by atoms with Crippen LogP contribution in [-0.4, -0.2) is 5.78 Å². The molecule has 1 heterocycles. The van der Waals surface area contributed by atoms with E-state index in [1.165, 1.54) is 6.07 Å². The molecule has 0 saturated heterocycles. The number of benzene rings is 2. The topological polar surface area (TPSA) is 41.1 Å². The number of nitrogens with one attached hydrogen (secondary N) is 2. The molecule has 1 atom stereocenters. The highest BCUT2D eigenvalue weighted by Crippen LogP contribution is 2.47. The van der Waals surface area contributed by atoms with E-state index < -0.39 is 11.9 Å². The standard InChI is InChI=1S/C21H19Cl2FN2O/c1-21(2)9-16-19(17(27)10-21)20(18-12(23)4-3-5-13(18)24)26-15-8-11(22)6-7-14(15)25-16/h3-8,20,25-26H,9-10H2,1-2H3/t20-/m1/s1. The monoisotopic (exact) mass is 404 g/mol. The summed E-state index contributed by atoms with van der Waals surface area (Å²) in [6.07, 6.45) is 1.08. The molecule has 0 unspecified atom stereocenters. The maximum atomic E-state index is 14.8. The van der Waals surface area contributed by atoms with Gasteiger partial charge in [0.1, 0.15) is 5.82 Å². The predicted octanol–water partition coefficient (Wildman–Crippen LogP) is 6.35. The number of halogens is 3. The minimum absolute atomic E-state index is 0.00975. The van der Waals surface area contributed by atoms with Crippen LogP contribution in [0.15, 0.2) is 47.7 Å². The predicted molar refractivity (Wildman–Crippen MR) is 108 cm³/mol. The molecule has 2 aromatic carbocycles. The van der Waals surface area contributed by atoms with Crippen molar-refractivity contribution in [1.82, 2.24) is 0 Å². The second-order valence-corrected chi connectivity index (χ2v) is 8.70. The van der Waals surface area contributed by atoms with Crippen molar-refractivity contribution in [3.05, 3.63) is 69.1 Å². The Kier molecular flexibility index (Phi) is 4.44. The molecule has 4 rings (SSSR count). The lowest BCUT2D eigenvalue weighted by molar-refractivity contribution is -0.118. The third-order valence-electron chi connectivity index (χ3n) is 5.06. The van der Waals surface area contributed by atoms with Crippen LogP contribution < -0.4 is 10.6 Å². The van der Waals surface area contributed by atoms with Crippen molar-refractivity contribution in [3.63, 3.8) is 0 Å². The van der Waals surface area contributed by atoms with E-state index >= 15 is 0 Å². The van der Waals surface area contributed by atoms with E-state index in [0.29, 0.717) is 29.1 Å². The number of fused-ring (bicyclic) bond motifs is 1. The first-order chi connectivity index (χ1) is 12.7. The Balaban J connectivity index is 1.95. The molecule has 6 heteroatoms. The first kappa shape index (κ1) is 18.3. The van der Waals surface area contributed by atoms with Crippen LogP contribution in [0.1, 0.15) is 38.3 Å². The van der Waals surface area contributed by atoms with Gasteiger partial charge in [-0.2, -0.15) is 0 Å². The first-order valence-corrected chi connectivity index (χ1v) is 9.54. The number of rotatable bonds is 1. The quantitative estimate of drug-likeness (QED) is 0.581. The summed E-state index contributed by atoms with van der Waals surface area (Å²) >= 11 is 12.5. The highest BCUT2D eigenvalue weighted by molar-refractivity contribution is 6.31. The Morgan fingerprint density at radius 3 is 2.63 bits per heavy atom. The Labute approximate surface area is 167 Å². The molecule has 1 aliphatic carbocycles. The molecular weight excluding hydrogens is 386 g/mol. The van der Waals surface area contributed by atoms with E-state index in [9.17, 15) is 9.18 Å². The fourth-order valence-corrected chi connectivity index (χ4v) is 4.36. The van der Waals surface area contributed by atoms with Crippen LogP contribution in [-0.2, 0) is 4.79 Å². The van der Waals surface area contributed by atoms with Gasteiger partial charge in [0.2, 0.25) is 0 Å². The van der Waals surface area contributed by atoms with Crippen LogP contribution in [0, 0.1) is 11.2 Å². The summed E-state index contributed by atoms with van der Waals surface area (Å²) in [5.74, 6) is -0.459. The molecule has 0 spiro atoms. The largest absolute Gasteiger partial charge is 0.372 e. The van der Waals surface area contributed by atoms with Gasteiger partial charge in [0, 0.05) is 33.3 Å². The summed E-state index contributed by atoms with van der Waals surface area (Å²) in [7, 11) is 0. The zero-order valence-corrected chi connectivity index (χ0v) is 16.5. The van der Waals surface area contributed by atoms with Crippen molar-refractivity contribution in [2.45, 2.75) is 32.7 Å².